The maximum absolute atomic E-state index is 12.1. The minimum atomic E-state index is -1.11. The van der Waals surface area contributed by atoms with Crippen LogP contribution in [0.2, 0.25) is 0 Å². The van der Waals surface area contributed by atoms with Crippen molar-refractivity contribution in [2.45, 2.75) is 6.42 Å². The fraction of sp³-hybridized carbons (Fsp3) is 0.188. The Morgan fingerprint density at radius 1 is 1.18 bits per heavy atom. The summed E-state index contributed by atoms with van der Waals surface area (Å²) in [6.07, 6.45) is 0.0151. The molecule has 6 heteroatoms. The number of carbonyl (C=O) groups excluding carboxylic acids is 2. The Bertz CT molecular complexity index is 800. The third kappa shape index (κ3) is 2.28. The second-order valence-electron chi connectivity index (χ2n) is 5.33. The van der Waals surface area contributed by atoms with Gasteiger partial charge in [0, 0.05) is 13.0 Å². The summed E-state index contributed by atoms with van der Waals surface area (Å²) in [6, 6.07) is 10.5. The van der Waals surface area contributed by atoms with Gasteiger partial charge >= 0.3 is 5.97 Å². The van der Waals surface area contributed by atoms with Crippen molar-refractivity contribution in [1.29, 1.82) is 0 Å². The molecule has 1 heterocycles. The molecule has 3 N–H and O–H groups in total. The van der Waals surface area contributed by atoms with Gasteiger partial charge in [-0.25, -0.2) is 4.79 Å². The van der Waals surface area contributed by atoms with Crippen LogP contribution in [-0.4, -0.2) is 29.4 Å². The quantitative estimate of drug-likeness (QED) is 0.893. The number of fused-ring (bicyclic) bond motifs is 1. The predicted molar refractivity (Wildman–Crippen MR) is 80.6 cm³/mol. The molecule has 0 radical (unpaired) electrons. The van der Waals surface area contributed by atoms with Gasteiger partial charge < -0.3 is 15.7 Å². The molecule has 0 spiro atoms. The molecule has 1 fully saturated rings. The van der Waals surface area contributed by atoms with Crippen LogP contribution in [-0.2, 0) is 9.59 Å². The van der Waals surface area contributed by atoms with E-state index in [1.54, 1.807) is 6.07 Å². The van der Waals surface area contributed by atoms with Crippen molar-refractivity contribution in [3.05, 3.63) is 42.0 Å². The lowest BCUT2D eigenvalue weighted by Gasteiger charge is -2.19. The molecule has 3 rings (SSSR count). The molecule has 0 bridgehead atoms. The molecule has 0 saturated carbocycles. The van der Waals surface area contributed by atoms with Crippen molar-refractivity contribution >= 4 is 34.2 Å². The van der Waals surface area contributed by atoms with Crippen LogP contribution in [0.4, 0.5) is 5.69 Å². The van der Waals surface area contributed by atoms with Gasteiger partial charge in [0.15, 0.2) is 0 Å². The Labute approximate surface area is 126 Å². The molecule has 2 aromatic carbocycles. The minimum Gasteiger partial charge on any atom is -0.478 e. The minimum absolute atomic E-state index is 0.0151. The van der Waals surface area contributed by atoms with Gasteiger partial charge in [0.05, 0.1) is 17.2 Å². The summed E-state index contributed by atoms with van der Waals surface area (Å²) in [5, 5.41) is 11.0. The van der Waals surface area contributed by atoms with Gasteiger partial charge in [-0.15, -0.1) is 0 Å². The van der Waals surface area contributed by atoms with E-state index in [0.717, 1.165) is 10.8 Å². The molecular weight excluding hydrogens is 284 g/mol. The highest BCUT2D eigenvalue weighted by atomic mass is 16.4. The number of carboxylic acids is 1. The van der Waals surface area contributed by atoms with Gasteiger partial charge in [-0.05, 0) is 22.9 Å². The van der Waals surface area contributed by atoms with E-state index in [9.17, 15) is 19.5 Å². The van der Waals surface area contributed by atoms with Crippen LogP contribution in [0.25, 0.3) is 10.8 Å². The van der Waals surface area contributed by atoms with E-state index in [1.165, 1.54) is 11.0 Å². The van der Waals surface area contributed by atoms with Gasteiger partial charge in [-0.3, -0.25) is 9.59 Å². The van der Waals surface area contributed by atoms with Crippen LogP contribution in [0.3, 0.4) is 0 Å². The number of nitrogens with two attached hydrogens (primary N) is 1. The number of hydrogen-bond donors (Lipinski definition) is 2. The average molecular weight is 298 g/mol. The van der Waals surface area contributed by atoms with Crippen LogP contribution in [0.1, 0.15) is 16.8 Å². The SMILES string of the molecule is NC(=O)C1CC(=O)N(c2cc3ccccc3cc2C(=O)O)C1. The van der Waals surface area contributed by atoms with E-state index in [4.69, 9.17) is 5.73 Å². The standard InChI is InChI=1S/C16H14N2O4/c17-15(20)11-7-14(19)18(8-11)13-6-10-4-2-1-3-9(10)5-12(13)16(21)22/h1-6,11H,7-8H2,(H2,17,20)(H,21,22). The first-order valence-electron chi connectivity index (χ1n) is 6.83. The average Bonchev–Trinajstić information content (AvgIpc) is 2.88. The molecule has 0 aliphatic carbocycles. The Balaban J connectivity index is 2.13. The molecule has 0 aromatic heterocycles. The highest BCUT2D eigenvalue weighted by Crippen LogP contribution is 2.31. The number of aromatic carboxylic acids is 1. The number of primary amides is 1. The summed E-state index contributed by atoms with van der Waals surface area (Å²) < 4.78 is 0. The number of carboxylic acid groups (broad SMARTS) is 1. The molecule has 1 unspecified atom stereocenters. The number of anilines is 1. The second kappa shape index (κ2) is 5.14. The highest BCUT2D eigenvalue weighted by Gasteiger charge is 2.35. The lowest BCUT2D eigenvalue weighted by molar-refractivity contribution is -0.123. The molecule has 112 valence electrons. The van der Waals surface area contributed by atoms with Gasteiger partial charge in [0.2, 0.25) is 11.8 Å². The summed E-state index contributed by atoms with van der Waals surface area (Å²) >= 11 is 0. The van der Waals surface area contributed by atoms with Crippen LogP contribution >= 0.6 is 0 Å². The maximum atomic E-state index is 12.1. The van der Waals surface area contributed by atoms with Crippen molar-refractivity contribution in [3.8, 4) is 0 Å². The van der Waals surface area contributed by atoms with E-state index in [2.05, 4.69) is 0 Å². The van der Waals surface area contributed by atoms with Gasteiger partial charge in [-0.2, -0.15) is 0 Å². The lowest BCUT2D eigenvalue weighted by Crippen LogP contribution is -2.29. The molecule has 1 saturated heterocycles. The number of carbonyl (C=O) groups is 3. The first-order valence-corrected chi connectivity index (χ1v) is 6.83. The molecular formula is C16H14N2O4. The normalized spacial score (nSPS) is 17.9. The van der Waals surface area contributed by atoms with Gasteiger partial charge in [0.1, 0.15) is 0 Å². The maximum Gasteiger partial charge on any atom is 0.337 e. The fourth-order valence-corrected chi connectivity index (χ4v) is 2.75. The first kappa shape index (κ1) is 14.1. The van der Waals surface area contributed by atoms with E-state index in [-0.39, 0.29) is 24.4 Å². The number of nitrogens with zero attached hydrogens (tertiary/aromatic N) is 1. The zero-order chi connectivity index (χ0) is 15.9. The number of benzene rings is 2. The molecule has 2 amide bonds. The van der Waals surface area contributed by atoms with Crippen LogP contribution < -0.4 is 10.6 Å². The summed E-state index contributed by atoms with van der Waals surface area (Å²) in [7, 11) is 0. The summed E-state index contributed by atoms with van der Waals surface area (Å²) in [6.45, 7) is 0.118. The van der Waals surface area contributed by atoms with Crippen LogP contribution in [0.5, 0.6) is 0 Å². The van der Waals surface area contributed by atoms with Crippen molar-refractivity contribution < 1.29 is 19.5 Å². The fourth-order valence-electron chi connectivity index (χ4n) is 2.75. The van der Waals surface area contributed by atoms with Crippen molar-refractivity contribution in [2.75, 3.05) is 11.4 Å². The number of rotatable bonds is 3. The van der Waals surface area contributed by atoms with Crippen molar-refractivity contribution in [2.24, 2.45) is 11.7 Å². The van der Waals surface area contributed by atoms with Crippen LogP contribution in [0.15, 0.2) is 36.4 Å². The zero-order valence-corrected chi connectivity index (χ0v) is 11.7. The zero-order valence-electron chi connectivity index (χ0n) is 11.7. The van der Waals surface area contributed by atoms with E-state index >= 15 is 0 Å². The molecule has 2 aromatic rings. The summed E-state index contributed by atoms with van der Waals surface area (Å²) in [5.41, 5.74) is 5.60. The van der Waals surface area contributed by atoms with Crippen molar-refractivity contribution in [3.63, 3.8) is 0 Å². The third-order valence-corrected chi connectivity index (χ3v) is 3.91. The largest absolute Gasteiger partial charge is 0.478 e. The van der Waals surface area contributed by atoms with Crippen LogP contribution in [0, 0.1) is 5.92 Å². The molecule has 1 atom stereocenters. The third-order valence-electron chi connectivity index (χ3n) is 3.91. The Morgan fingerprint density at radius 2 is 1.82 bits per heavy atom. The Morgan fingerprint density at radius 3 is 2.36 bits per heavy atom. The number of amides is 2. The lowest BCUT2D eigenvalue weighted by atomic mass is 10.0. The second-order valence-corrected chi connectivity index (χ2v) is 5.33. The van der Waals surface area contributed by atoms with Gasteiger partial charge in [0.25, 0.3) is 0 Å². The van der Waals surface area contributed by atoms with Gasteiger partial charge in [-0.1, -0.05) is 24.3 Å². The molecule has 1 aliphatic heterocycles. The van der Waals surface area contributed by atoms with Crippen molar-refractivity contribution in [1.82, 2.24) is 0 Å². The highest BCUT2D eigenvalue weighted by molar-refractivity contribution is 6.08. The van der Waals surface area contributed by atoms with E-state index < -0.39 is 17.8 Å². The Kier molecular flexibility index (Phi) is 3.29. The number of hydrogen-bond acceptors (Lipinski definition) is 3. The smallest absolute Gasteiger partial charge is 0.337 e. The monoisotopic (exact) mass is 298 g/mol. The molecule has 22 heavy (non-hydrogen) atoms. The first-order chi connectivity index (χ1) is 10.5. The van der Waals surface area contributed by atoms with E-state index in [1.807, 2.05) is 24.3 Å². The van der Waals surface area contributed by atoms with E-state index in [0.29, 0.717) is 5.69 Å². The Hall–Kier alpha value is -2.89. The topological polar surface area (TPSA) is 101 Å². The molecule has 1 aliphatic rings. The summed E-state index contributed by atoms with van der Waals surface area (Å²) in [4.78, 5) is 36.3. The molecule has 6 nitrogen and oxygen atoms in total. The predicted octanol–water partition coefficient (Wildman–Crippen LogP) is 1.38. The summed E-state index contributed by atoms with van der Waals surface area (Å²) in [5.74, 6) is -2.54.